The average molecular weight is 654 g/mol. The Hall–Kier alpha value is -3.94. The van der Waals surface area contributed by atoms with Crippen LogP contribution in [-0.4, -0.2) is 79.5 Å². The Morgan fingerprint density at radius 3 is 1.74 bits per heavy atom. The van der Waals surface area contributed by atoms with Gasteiger partial charge in [-0.1, -0.05) is 54.7 Å². The monoisotopic (exact) mass is 653 g/mol. The molecule has 14 heteroatoms. The van der Waals surface area contributed by atoms with E-state index in [1.807, 2.05) is 20.8 Å². The number of ether oxygens (including phenoxy) is 5. The molecule has 258 valence electrons. The molecular formula is C32H47NO13. The van der Waals surface area contributed by atoms with Gasteiger partial charge in [0.15, 0.2) is 0 Å². The van der Waals surface area contributed by atoms with Crippen LogP contribution in [-0.2, 0) is 52.5 Å². The molecule has 6 unspecified atom stereocenters. The predicted octanol–water partition coefficient (Wildman–Crippen LogP) is 3.79. The Morgan fingerprint density at radius 2 is 1.33 bits per heavy atom. The molecule has 0 saturated carbocycles. The van der Waals surface area contributed by atoms with Crippen molar-refractivity contribution >= 4 is 35.8 Å². The molecule has 14 nitrogen and oxygen atoms in total. The summed E-state index contributed by atoms with van der Waals surface area (Å²) in [4.78, 5) is 87.4. The van der Waals surface area contributed by atoms with Crippen LogP contribution in [0, 0.1) is 39.4 Å². The van der Waals surface area contributed by atoms with Gasteiger partial charge < -0.3 is 28.8 Å². The number of hydrogen-bond donors (Lipinski definition) is 1. The molecule has 0 aliphatic carbocycles. The lowest BCUT2D eigenvalue weighted by Crippen LogP contribution is -2.55. The molecule has 1 N–H and O–H groups in total. The minimum Gasteiger partial charge on any atom is -0.481 e. The molecule has 1 amide bonds. The molecule has 0 bridgehead atoms. The van der Waals surface area contributed by atoms with Crippen LogP contribution < -0.4 is 0 Å². The number of carboxylic acids is 1. The number of nitrogens with zero attached hydrogens (tertiary/aromatic N) is 1. The van der Waals surface area contributed by atoms with E-state index in [9.17, 15) is 38.8 Å². The zero-order chi connectivity index (χ0) is 35.6. The van der Waals surface area contributed by atoms with Gasteiger partial charge in [0.25, 0.3) is 5.91 Å². The summed E-state index contributed by atoms with van der Waals surface area (Å²) in [5.74, 6) is -11.6. The lowest BCUT2D eigenvalue weighted by Gasteiger charge is -2.45. The van der Waals surface area contributed by atoms with Crippen LogP contribution in [0.15, 0.2) is 29.5 Å². The van der Waals surface area contributed by atoms with Crippen molar-refractivity contribution in [3.05, 3.63) is 29.2 Å². The van der Waals surface area contributed by atoms with E-state index in [0.717, 1.165) is 0 Å². The number of carbonyl (C=O) groups is 6. The Kier molecular flexibility index (Phi) is 14.9. The average Bonchev–Trinajstić information content (AvgIpc) is 2.92. The van der Waals surface area contributed by atoms with E-state index in [4.69, 9.17) is 23.7 Å². The summed E-state index contributed by atoms with van der Waals surface area (Å²) in [5, 5.41) is 13.0. The summed E-state index contributed by atoms with van der Waals surface area (Å²) in [6.07, 6.45) is -2.77. The van der Waals surface area contributed by atoms with Gasteiger partial charge in [0.05, 0.1) is 35.9 Å². The largest absolute Gasteiger partial charge is 0.481 e. The van der Waals surface area contributed by atoms with Crippen LogP contribution in [0.5, 0.6) is 0 Å². The van der Waals surface area contributed by atoms with E-state index in [0.29, 0.717) is 0 Å². The summed E-state index contributed by atoms with van der Waals surface area (Å²) in [6.45, 7) is 18.8. The van der Waals surface area contributed by atoms with Crippen LogP contribution in [0.25, 0.3) is 0 Å². The van der Waals surface area contributed by atoms with E-state index in [1.54, 1.807) is 20.8 Å². The molecule has 1 saturated heterocycles. The number of aliphatic carboxylic acids is 1. The first kappa shape index (κ1) is 40.1. The van der Waals surface area contributed by atoms with E-state index >= 15 is 0 Å². The molecule has 46 heavy (non-hydrogen) atoms. The molecule has 1 heterocycles. The van der Waals surface area contributed by atoms with Crippen LogP contribution in [0.2, 0.25) is 0 Å². The molecule has 1 aliphatic rings. The zero-order valence-electron chi connectivity index (χ0n) is 27.9. The third kappa shape index (κ3) is 12.1. The van der Waals surface area contributed by atoms with Crippen molar-refractivity contribution in [2.24, 2.45) is 39.7 Å². The van der Waals surface area contributed by atoms with Crippen molar-refractivity contribution in [1.29, 1.82) is 0 Å². The van der Waals surface area contributed by atoms with Gasteiger partial charge >= 0.3 is 29.8 Å². The van der Waals surface area contributed by atoms with Gasteiger partial charge in [0.2, 0.25) is 0 Å². The van der Waals surface area contributed by atoms with Gasteiger partial charge in [-0.15, -0.1) is 4.91 Å². The predicted molar refractivity (Wildman–Crippen MR) is 163 cm³/mol. The fourth-order valence-electron chi connectivity index (χ4n) is 5.22. The summed E-state index contributed by atoms with van der Waals surface area (Å²) < 4.78 is 26.7. The first-order valence-electron chi connectivity index (χ1n) is 14.9. The molecule has 0 radical (unpaired) electrons. The van der Waals surface area contributed by atoms with Crippen molar-refractivity contribution < 1.29 is 57.6 Å². The summed E-state index contributed by atoms with van der Waals surface area (Å²) in [7, 11) is 0. The first-order valence-corrected chi connectivity index (χ1v) is 14.9. The van der Waals surface area contributed by atoms with Gasteiger partial charge in [-0.05, 0) is 37.5 Å². The second kappa shape index (κ2) is 17.1. The normalized spacial score (nSPS) is 21.1. The van der Waals surface area contributed by atoms with Crippen molar-refractivity contribution in [2.45, 2.75) is 80.4 Å². The highest BCUT2D eigenvalue weighted by molar-refractivity contribution is 5.88. The lowest BCUT2D eigenvalue weighted by atomic mass is 9.67. The number of hydrogen-bond acceptors (Lipinski definition) is 12. The van der Waals surface area contributed by atoms with Crippen LogP contribution in [0.4, 0.5) is 0 Å². The quantitative estimate of drug-likeness (QED) is 0.0881. The maximum Gasteiger partial charge on any atom is 0.333 e. The van der Waals surface area contributed by atoms with Gasteiger partial charge in [-0.25, -0.2) is 9.59 Å². The standard InChI is InChI=1S/C32H47NO13/c1-17(2)27(37)42-11-13-44-29(39)19-15-20(46-21(16-31(5,6)7)22(19)25(34)33-41)23(26(35)36)24(32(8,9)10)30(40)45-14-12-43-28(38)18(3)4/h19-24H,1,3,11-16H2,2,4-10H3,(H,35,36). The van der Waals surface area contributed by atoms with Gasteiger partial charge in [0, 0.05) is 16.3 Å². The van der Waals surface area contributed by atoms with Crippen molar-refractivity contribution in [1.82, 2.24) is 0 Å². The highest BCUT2D eigenvalue weighted by Crippen LogP contribution is 2.44. The highest BCUT2D eigenvalue weighted by atomic mass is 16.6. The Balaban J connectivity index is 3.47. The SMILES string of the molecule is C=C(C)C(=O)OCCOC(=O)C1CC(C(C(=O)O)C(C(=O)OCCOC(=O)C(=C)C)C(C)(C)C)OC(CC(C)(C)C)C1C(=O)N=O. The molecule has 0 aromatic heterocycles. The topological polar surface area (TPSA) is 198 Å². The Bertz CT molecular complexity index is 1190. The molecule has 1 aliphatic heterocycles. The zero-order valence-corrected chi connectivity index (χ0v) is 27.9. The maximum absolute atomic E-state index is 13.4. The van der Waals surface area contributed by atoms with E-state index in [-0.39, 0.29) is 37.4 Å². The van der Waals surface area contributed by atoms with Gasteiger partial charge in [0.1, 0.15) is 26.4 Å². The number of rotatable bonds is 15. The fraction of sp³-hybridized carbons (Fsp3) is 0.688. The number of carbonyl (C=O) groups excluding carboxylic acids is 5. The van der Waals surface area contributed by atoms with E-state index in [2.05, 4.69) is 18.3 Å². The summed E-state index contributed by atoms with van der Waals surface area (Å²) in [5.41, 5.74) is -1.27. The maximum atomic E-state index is 13.4. The number of nitroso groups, excluding NO2 is 1. The third-order valence-corrected chi connectivity index (χ3v) is 7.21. The molecule has 0 aromatic carbocycles. The lowest BCUT2D eigenvalue weighted by molar-refractivity contribution is -0.195. The summed E-state index contributed by atoms with van der Waals surface area (Å²) in [6, 6.07) is 0. The second-order valence-electron chi connectivity index (χ2n) is 13.7. The minimum absolute atomic E-state index is 0.112. The number of carboxylic acid groups (broad SMARTS) is 1. The number of amides is 1. The van der Waals surface area contributed by atoms with Crippen LogP contribution in [0.3, 0.4) is 0 Å². The van der Waals surface area contributed by atoms with Crippen LogP contribution >= 0.6 is 0 Å². The first-order chi connectivity index (χ1) is 21.1. The second-order valence-corrected chi connectivity index (χ2v) is 13.7. The number of esters is 4. The van der Waals surface area contributed by atoms with Crippen molar-refractivity contribution in [3.8, 4) is 0 Å². The van der Waals surface area contributed by atoms with Gasteiger partial charge in [-0.3, -0.25) is 19.2 Å². The smallest absolute Gasteiger partial charge is 0.333 e. The Labute approximate surface area is 269 Å². The highest BCUT2D eigenvalue weighted by Gasteiger charge is 2.55. The van der Waals surface area contributed by atoms with E-state index < -0.39 is 95.5 Å². The molecule has 0 aromatic rings. The van der Waals surface area contributed by atoms with Crippen molar-refractivity contribution in [2.75, 3.05) is 26.4 Å². The molecule has 1 rings (SSSR count). The van der Waals surface area contributed by atoms with Gasteiger partial charge in [-0.2, -0.15) is 0 Å². The molecule has 6 atom stereocenters. The molecule has 0 spiro atoms. The molecule has 1 fully saturated rings. The van der Waals surface area contributed by atoms with Crippen molar-refractivity contribution in [3.63, 3.8) is 0 Å². The van der Waals surface area contributed by atoms with E-state index in [1.165, 1.54) is 13.8 Å². The van der Waals surface area contributed by atoms with Crippen LogP contribution in [0.1, 0.15) is 68.2 Å². The third-order valence-electron chi connectivity index (χ3n) is 7.21. The molecular weight excluding hydrogens is 606 g/mol. The summed E-state index contributed by atoms with van der Waals surface area (Å²) >= 11 is 0. The fourth-order valence-corrected chi connectivity index (χ4v) is 5.22. The Morgan fingerprint density at radius 1 is 0.848 bits per heavy atom. The minimum atomic E-state index is -1.58.